The van der Waals surface area contributed by atoms with Crippen LogP contribution < -0.4 is 4.90 Å². The van der Waals surface area contributed by atoms with Crippen LogP contribution in [0.5, 0.6) is 0 Å². The van der Waals surface area contributed by atoms with Gasteiger partial charge in [0.1, 0.15) is 5.69 Å². The molecule has 31 heavy (non-hydrogen) atoms. The van der Waals surface area contributed by atoms with Gasteiger partial charge in [-0.3, -0.25) is 14.6 Å². The monoisotopic (exact) mass is 437 g/mol. The molecule has 3 aromatic rings. The molecule has 1 saturated heterocycles. The lowest BCUT2D eigenvalue weighted by Crippen LogP contribution is -2.46. The van der Waals surface area contributed by atoms with Gasteiger partial charge in [0.15, 0.2) is 5.82 Å². The summed E-state index contributed by atoms with van der Waals surface area (Å²) in [6.07, 6.45) is 6.82. The molecule has 162 valence electrons. The van der Waals surface area contributed by atoms with E-state index in [1.165, 1.54) is 16.8 Å². The summed E-state index contributed by atoms with van der Waals surface area (Å²) in [5.74, 6) is 0.944. The first kappa shape index (κ1) is 22.7. The highest BCUT2D eigenvalue weighted by Gasteiger charge is 2.22. The molecule has 1 aromatic carbocycles. The molecule has 4 rings (SSSR count). The fourth-order valence-electron chi connectivity index (χ4n) is 3.85. The molecule has 0 unspecified atom stereocenters. The fourth-order valence-corrected chi connectivity index (χ4v) is 3.85. The number of hydrogen-bond donors (Lipinski definition) is 0. The highest BCUT2D eigenvalue weighted by atomic mass is 35.5. The van der Waals surface area contributed by atoms with Crippen LogP contribution in [0.4, 0.5) is 5.82 Å². The first-order chi connectivity index (χ1) is 14.7. The summed E-state index contributed by atoms with van der Waals surface area (Å²) in [6, 6.07) is 10.5. The molecule has 0 aliphatic carbocycles. The maximum atomic E-state index is 8.78. The van der Waals surface area contributed by atoms with Crippen LogP contribution in [0, 0.1) is 18.3 Å². The summed E-state index contributed by atoms with van der Waals surface area (Å²) in [7, 11) is 1.99. The van der Waals surface area contributed by atoms with Gasteiger partial charge in [-0.05, 0) is 18.9 Å². The molecule has 1 aliphatic heterocycles. The van der Waals surface area contributed by atoms with Gasteiger partial charge in [-0.25, -0.2) is 4.98 Å². The molecule has 2 aromatic heterocycles. The number of halogens is 1. The Morgan fingerprint density at radius 1 is 1.03 bits per heavy atom. The van der Waals surface area contributed by atoms with Crippen molar-refractivity contribution in [1.29, 1.82) is 5.26 Å². The maximum absolute atomic E-state index is 8.78. The van der Waals surface area contributed by atoms with Crippen molar-refractivity contribution in [3.63, 3.8) is 0 Å². The number of anilines is 1. The molecule has 8 heteroatoms. The van der Waals surface area contributed by atoms with Crippen LogP contribution in [0.3, 0.4) is 0 Å². The number of nitriles is 1. The van der Waals surface area contributed by atoms with E-state index in [0.717, 1.165) is 56.2 Å². The van der Waals surface area contributed by atoms with Gasteiger partial charge in [0, 0.05) is 75.4 Å². The highest BCUT2D eigenvalue weighted by molar-refractivity contribution is 5.85. The average Bonchev–Trinajstić information content (AvgIpc) is 3.11. The zero-order valence-electron chi connectivity index (χ0n) is 18.0. The third kappa shape index (κ3) is 5.22. The van der Waals surface area contributed by atoms with Gasteiger partial charge in [-0.15, -0.1) is 12.4 Å². The number of nitrogens with zero attached hydrogens (tertiary/aromatic N) is 7. The van der Waals surface area contributed by atoms with Crippen molar-refractivity contribution in [3.05, 3.63) is 59.7 Å². The molecule has 0 radical (unpaired) electrons. The van der Waals surface area contributed by atoms with Crippen LogP contribution in [-0.2, 0) is 20.0 Å². The topological polar surface area (TPSA) is 73.9 Å². The molecule has 7 nitrogen and oxygen atoms in total. The largest absolute Gasteiger partial charge is 0.352 e. The first-order valence-corrected chi connectivity index (χ1v) is 10.4. The number of rotatable bonds is 6. The lowest BCUT2D eigenvalue weighted by molar-refractivity contribution is 0.249. The van der Waals surface area contributed by atoms with Crippen molar-refractivity contribution in [2.45, 2.75) is 26.3 Å². The van der Waals surface area contributed by atoms with E-state index in [1.54, 1.807) is 12.4 Å². The van der Waals surface area contributed by atoms with E-state index in [-0.39, 0.29) is 12.4 Å². The van der Waals surface area contributed by atoms with E-state index in [9.17, 15) is 0 Å². The summed E-state index contributed by atoms with van der Waals surface area (Å²) in [5.41, 5.74) is 5.67. The fraction of sp³-hybridized carbons (Fsp3) is 0.391. The third-order valence-corrected chi connectivity index (χ3v) is 5.83. The van der Waals surface area contributed by atoms with E-state index in [1.807, 2.05) is 17.9 Å². The molecule has 0 amide bonds. The molecular weight excluding hydrogens is 410 g/mol. The lowest BCUT2D eigenvalue weighted by atomic mass is 10.1. The summed E-state index contributed by atoms with van der Waals surface area (Å²) >= 11 is 0. The Morgan fingerprint density at radius 3 is 2.39 bits per heavy atom. The van der Waals surface area contributed by atoms with Crippen molar-refractivity contribution in [3.8, 4) is 17.3 Å². The van der Waals surface area contributed by atoms with Gasteiger partial charge in [0.2, 0.25) is 0 Å². The van der Waals surface area contributed by atoms with Crippen LogP contribution in [0.15, 0.2) is 42.9 Å². The minimum atomic E-state index is 0. The second-order valence-electron chi connectivity index (χ2n) is 7.73. The van der Waals surface area contributed by atoms with Gasteiger partial charge < -0.3 is 4.90 Å². The van der Waals surface area contributed by atoms with Crippen LogP contribution in [0.25, 0.3) is 11.3 Å². The normalized spacial score (nSPS) is 14.2. The van der Waals surface area contributed by atoms with Crippen molar-refractivity contribution in [2.75, 3.05) is 31.1 Å². The summed E-state index contributed by atoms with van der Waals surface area (Å²) in [6.45, 7) is 6.87. The predicted octanol–water partition coefficient (Wildman–Crippen LogP) is 3.39. The van der Waals surface area contributed by atoms with Gasteiger partial charge in [-0.2, -0.15) is 10.4 Å². The first-order valence-electron chi connectivity index (χ1n) is 10.4. The SMILES string of the molecule is Cc1c(CN2CCN(c3nccnc3-c3ccc(CCC#N)cc3)CC2)cnn1C.Cl. The van der Waals surface area contributed by atoms with Crippen LogP contribution in [0.1, 0.15) is 23.2 Å². The number of aryl methyl sites for hydroxylation is 2. The molecule has 0 bridgehead atoms. The van der Waals surface area contributed by atoms with Gasteiger partial charge >= 0.3 is 0 Å². The van der Waals surface area contributed by atoms with Crippen LogP contribution in [-0.4, -0.2) is 50.8 Å². The Morgan fingerprint density at radius 2 is 1.74 bits per heavy atom. The highest BCUT2D eigenvalue weighted by Crippen LogP contribution is 2.28. The summed E-state index contributed by atoms with van der Waals surface area (Å²) < 4.78 is 1.93. The van der Waals surface area contributed by atoms with E-state index in [2.05, 4.69) is 62.1 Å². The van der Waals surface area contributed by atoms with Gasteiger partial charge in [-0.1, -0.05) is 24.3 Å². The van der Waals surface area contributed by atoms with Crippen molar-refractivity contribution >= 4 is 18.2 Å². The molecular formula is C23H28ClN7. The predicted molar refractivity (Wildman–Crippen MR) is 124 cm³/mol. The molecule has 3 heterocycles. The smallest absolute Gasteiger partial charge is 0.155 e. The number of aromatic nitrogens is 4. The quantitative estimate of drug-likeness (QED) is 0.588. The number of benzene rings is 1. The zero-order chi connectivity index (χ0) is 20.9. The Balaban J connectivity index is 0.00000272. The minimum Gasteiger partial charge on any atom is -0.352 e. The molecule has 0 saturated carbocycles. The maximum Gasteiger partial charge on any atom is 0.155 e. The minimum absolute atomic E-state index is 0. The van der Waals surface area contributed by atoms with Gasteiger partial charge in [0.25, 0.3) is 0 Å². The standard InChI is InChI=1S/C23H27N7.ClH/c1-18-21(16-27-28(18)2)17-29-12-14-30(15-13-29)23-22(25-10-11-26-23)20-7-5-19(6-8-20)4-3-9-24;/h5-8,10-11,16H,3-4,12-15,17H2,1-2H3;1H. The van der Waals surface area contributed by atoms with Crippen molar-refractivity contribution < 1.29 is 0 Å². The van der Waals surface area contributed by atoms with E-state index >= 15 is 0 Å². The van der Waals surface area contributed by atoms with Crippen molar-refractivity contribution in [2.24, 2.45) is 7.05 Å². The number of piperazine rings is 1. The third-order valence-electron chi connectivity index (χ3n) is 5.83. The Labute approximate surface area is 189 Å². The van der Waals surface area contributed by atoms with Crippen LogP contribution in [0.2, 0.25) is 0 Å². The molecule has 0 atom stereocenters. The molecule has 0 N–H and O–H groups in total. The summed E-state index contributed by atoms with van der Waals surface area (Å²) in [5, 5.41) is 13.1. The Hall–Kier alpha value is -2.95. The number of hydrogen-bond acceptors (Lipinski definition) is 6. The second-order valence-corrected chi connectivity index (χ2v) is 7.73. The van der Waals surface area contributed by atoms with E-state index in [4.69, 9.17) is 5.26 Å². The lowest BCUT2D eigenvalue weighted by Gasteiger charge is -2.35. The average molecular weight is 438 g/mol. The molecule has 0 spiro atoms. The second kappa shape index (κ2) is 10.4. The molecule has 1 fully saturated rings. The Bertz CT molecular complexity index is 1030. The summed E-state index contributed by atoms with van der Waals surface area (Å²) in [4.78, 5) is 14.1. The Kier molecular flexibility index (Phi) is 7.61. The van der Waals surface area contributed by atoms with Crippen LogP contribution >= 0.6 is 12.4 Å². The van der Waals surface area contributed by atoms with E-state index in [0.29, 0.717) is 6.42 Å². The van der Waals surface area contributed by atoms with E-state index < -0.39 is 0 Å². The van der Waals surface area contributed by atoms with Crippen molar-refractivity contribution in [1.82, 2.24) is 24.6 Å². The van der Waals surface area contributed by atoms with Gasteiger partial charge in [0.05, 0.1) is 12.3 Å². The molecule has 1 aliphatic rings. The zero-order valence-corrected chi connectivity index (χ0v) is 18.8.